The molecule has 1 saturated heterocycles. The van der Waals surface area contributed by atoms with Crippen LogP contribution >= 0.6 is 12.2 Å². The fourth-order valence-electron chi connectivity index (χ4n) is 2.69. The van der Waals surface area contributed by atoms with Gasteiger partial charge in [-0.05, 0) is 24.4 Å². The fourth-order valence-corrected chi connectivity index (χ4v) is 3.04. The molecule has 3 rings (SSSR count). The lowest BCUT2D eigenvalue weighted by molar-refractivity contribution is -0.0469. The van der Waals surface area contributed by atoms with Crippen molar-refractivity contribution in [1.29, 1.82) is 0 Å². The maximum atomic E-state index is 12.1. The van der Waals surface area contributed by atoms with Crippen LogP contribution in [0.1, 0.15) is 6.23 Å². The summed E-state index contributed by atoms with van der Waals surface area (Å²) in [5.41, 5.74) is -1.27. The molecule has 0 amide bonds. The number of H-pyrrole nitrogens is 1. The van der Waals surface area contributed by atoms with Crippen molar-refractivity contribution in [2.24, 2.45) is 5.92 Å². The highest BCUT2D eigenvalue weighted by Crippen LogP contribution is 2.35. The van der Waals surface area contributed by atoms with E-state index in [1.165, 1.54) is 6.20 Å². The first-order valence-electron chi connectivity index (χ1n) is 7.54. The van der Waals surface area contributed by atoms with E-state index in [0.717, 1.165) is 10.6 Å². The van der Waals surface area contributed by atoms with Gasteiger partial charge in [0.1, 0.15) is 17.8 Å². The largest absolute Gasteiger partial charge is 0.450 e. The van der Waals surface area contributed by atoms with Gasteiger partial charge in [-0.3, -0.25) is 14.3 Å². The van der Waals surface area contributed by atoms with Crippen LogP contribution in [0.5, 0.6) is 5.75 Å². The highest BCUT2D eigenvalue weighted by atomic mass is 32.1. The second kappa shape index (κ2) is 7.28. The number of nitrogens with one attached hydrogen (secondary N) is 1. The molecule has 1 fully saturated rings. The highest BCUT2D eigenvalue weighted by molar-refractivity contribution is 7.80. The average Bonchev–Trinajstić information content (AvgIpc) is 2.92. The molecule has 0 saturated carbocycles. The monoisotopic (exact) mass is 364 g/mol. The zero-order chi connectivity index (χ0) is 18.0. The fraction of sp³-hybridized carbons (Fsp3) is 0.312. The van der Waals surface area contributed by atoms with Crippen molar-refractivity contribution in [3.05, 3.63) is 63.4 Å². The Morgan fingerprint density at radius 1 is 1.28 bits per heavy atom. The zero-order valence-corrected chi connectivity index (χ0v) is 13.8. The Bertz CT molecular complexity index is 865. The van der Waals surface area contributed by atoms with E-state index in [1.807, 2.05) is 6.07 Å². The molecule has 2 heterocycles. The summed E-state index contributed by atoms with van der Waals surface area (Å²) in [6.45, 7) is -0.458. The molecule has 0 aliphatic carbocycles. The number of aromatic nitrogens is 2. The number of hydrogen-bond donors (Lipinski definition) is 3. The molecule has 0 radical (unpaired) electrons. The Hall–Kier alpha value is -2.33. The second-order valence-corrected chi connectivity index (χ2v) is 5.92. The van der Waals surface area contributed by atoms with Crippen LogP contribution in [-0.4, -0.2) is 43.6 Å². The molecule has 9 heteroatoms. The van der Waals surface area contributed by atoms with Crippen LogP contribution in [0.4, 0.5) is 0 Å². The van der Waals surface area contributed by atoms with Crippen molar-refractivity contribution in [3.8, 4) is 5.75 Å². The Kier molecular flexibility index (Phi) is 5.09. The van der Waals surface area contributed by atoms with Gasteiger partial charge in [-0.15, -0.1) is 0 Å². The first-order chi connectivity index (χ1) is 12.0. The van der Waals surface area contributed by atoms with Gasteiger partial charge in [-0.2, -0.15) is 0 Å². The molecule has 2 unspecified atom stereocenters. The minimum absolute atomic E-state index is 0.0118. The van der Waals surface area contributed by atoms with Crippen molar-refractivity contribution < 1.29 is 19.7 Å². The molecule has 1 aromatic heterocycles. The van der Waals surface area contributed by atoms with Crippen molar-refractivity contribution in [3.63, 3.8) is 0 Å². The number of aliphatic hydroxyl groups excluding tert-OH is 2. The van der Waals surface area contributed by atoms with Crippen LogP contribution in [0, 0.1) is 5.92 Å². The van der Waals surface area contributed by atoms with Gasteiger partial charge in [0, 0.05) is 12.3 Å². The smallest absolute Gasteiger partial charge is 0.330 e. The predicted octanol–water partition coefficient (Wildman–Crippen LogP) is -0.190. The molecule has 0 bridgehead atoms. The minimum atomic E-state index is -1.18. The van der Waals surface area contributed by atoms with Gasteiger partial charge in [-0.25, -0.2) is 4.79 Å². The Balaban J connectivity index is 1.93. The Morgan fingerprint density at radius 3 is 2.64 bits per heavy atom. The summed E-state index contributed by atoms with van der Waals surface area (Å²) in [7, 11) is 0. The number of rotatable bonds is 4. The lowest BCUT2D eigenvalue weighted by Crippen LogP contribution is -2.39. The normalized spacial score (nSPS) is 25.7. The number of nitrogens with zero attached hydrogens (tertiary/aromatic N) is 1. The van der Waals surface area contributed by atoms with E-state index in [-0.39, 0.29) is 5.05 Å². The molecular weight excluding hydrogens is 348 g/mol. The number of para-hydroxylation sites is 1. The third kappa shape index (κ3) is 3.54. The topological polar surface area (TPSA) is 114 Å². The molecular formula is C16H16N2O6S. The second-order valence-electron chi connectivity index (χ2n) is 5.52. The number of benzene rings is 1. The lowest BCUT2D eigenvalue weighted by atomic mass is 10.0. The summed E-state index contributed by atoms with van der Waals surface area (Å²) in [6.07, 6.45) is -1.89. The van der Waals surface area contributed by atoms with E-state index >= 15 is 0 Å². The summed E-state index contributed by atoms with van der Waals surface area (Å²) in [4.78, 5) is 25.4. The van der Waals surface area contributed by atoms with E-state index in [2.05, 4.69) is 4.98 Å². The summed E-state index contributed by atoms with van der Waals surface area (Å²) < 4.78 is 12.3. The maximum absolute atomic E-state index is 12.1. The van der Waals surface area contributed by atoms with Gasteiger partial charge in [0.25, 0.3) is 5.56 Å². The zero-order valence-electron chi connectivity index (χ0n) is 12.9. The van der Waals surface area contributed by atoms with Crippen molar-refractivity contribution in [1.82, 2.24) is 9.55 Å². The molecule has 1 aliphatic heterocycles. The minimum Gasteiger partial charge on any atom is -0.450 e. The van der Waals surface area contributed by atoms with Crippen LogP contribution in [0.3, 0.4) is 0 Å². The van der Waals surface area contributed by atoms with Crippen molar-refractivity contribution >= 4 is 17.3 Å². The molecule has 2 aromatic rings. The van der Waals surface area contributed by atoms with Gasteiger partial charge >= 0.3 is 5.69 Å². The average molecular weight is 364 g/mol. The van der Waals surface area contributed by atoms with Crippen LogP contribution in [0.25, 0.3) is 0 Å². The SMILES string of the molecule is O=c1ccn([C@H]2O[C@@H](CO)C(O)C2C(=S)Oc2ccccc2)c(=O)[nH]1. The first kappa shape index (κ1) is 17.5. The summed E-state index contributed by atoms with van der Waals surface area (Å²) in [5, 5.41) is 19.8. The molecule has 1 aliphatic rings. The van der Waals surface area contributed by atoms with Gasteiger partial charge in [0.15, 0.2) is 11.3 Å². The number of ether oxygens (including phenoxy) is 2. The third-order valence-electron chi connectivity index (χ3n) is 3.91. The van der Waals surface area contributed by atoms with Crippen LogP contribution in [-0.2, 0) is 4.74 Å². The summed E-state index contributed by atoms with van der Waals surface area (Å²) in [5.74, 6) is -0.421. The van der Waals surface area contributed by atoms with Crippen LogP contribution in [0.2, 0.25) is 0 Å². The highest BCUT2D eigenvalue weighted by Gasteiger charge is 2.48. The number of aliphatic hydroxyl groups is 2. The molecule has 1 aromatic carbocycles. The van der Waals surface area contributed by atoms with Gasteiger partial charge in [0.05, 0.1) is 12.7 Å². The standard InChI is InChI=1S/C16H16N2O6S/c19-8-10-13(21)12(15(25)23-9-4-2-1-3-5-9)14(24-10)18-7-6-11(20)17-16(18)22/h1-7,10,12-14,19,21H,8H2,(H,17,20,22)/t10-,12?,13?,14-/m0/s1. The van der Waals surface area contributed by atoms with Crippen LogP contribution in [0.15, 0.2) is 52.2 Å². The molecule has 0 spiro atoms. The predicted molar refractivity (Wildman–Crippen MR) is 91.5 cm³/mol. The van der Waals surface area contributed by atoms with Crippen LogP contribution < -0.4 is 16.0 Å². The summed E-state index contributed by atoms with van der Waals surface area (Å²) >= 11 is 5.29. The van der Waals surface area contributed by atoms with E-state index in [9.17, 15) is 19.8 Å². The molecule has 8 nitrogen and oxygen atoms in total. The number of thiocarbonyl (C=S) groups is 1. The first-order valence-corrected chi connectivity index (χ1v) is 7.94. The van der Waals surface area contributed by atoms with Gasteiger partial charge < -0.3 is 19.7 Å². The van der Waals surface area contributed by atoms with Crippen molar-refractivity contribution in [2.75, 3.05) is 6.61 Å². The van der Waals surface area contributed by atoms with Gasteiger partial charge in [-0.1, -0.05) is 18.2 Å². The quantitative estimate of drug-likeness (QED) is 0.644. The number of hydrogen-bond acceptors (Lipinski definition) is 7. The van der Waals surface area contributed by atoms with E-state index in [0.29, 0.717) is 5.75 Å². The molecule has 3 N–H and O–H groups in total. The maximum Gasteiger partial charge on any atom is 0.330 e. The number of aromatic amines is 1. The van der Waals surface area contributed by atoms with E-state index in [1.54, 1.807) is 24.3 Å². The molecule has 25 heavy (non-hydrogen) atoms. The Labute approximate surface area is 147 Å². The molecule has 4 atom stereocenters. The van der Waals surface area contributed by atoms with E-state index < -0.39 is 42.2 Å². The third-order valence-corrected chi connectivity index (χ3v) is 4.26. The summed E-state index contributed by atoms with van der Waals surface area (Å²) in [6, 6.07) is 9.88. The Morgan fingerprint density at radius 2 is 2.00 bits per heavy atom. The van der Waals surface area contributed by atoms with Gasteiger partial charge in [0.2, 0.25) is 0 Å². The van der Waals surface area contributed by atoms with E-state index in [4.69, 9.17) is 21.7 Å². The van der Waals surface area contributed by atoms with Crippen molar-refractivity contribution in [2.45, 2.75) is 18.4 Å². The molecule has 132 valence electrons. The lowest BCUT2D eigenvalue weighted by Gasteiger charge is -2.22.